The van der Waals surface area contributed by atoms with E-state index in [1.165, 1.54) is 6.42 Å². The minimum absolute atomic E-state index is 0.0178. The quantitative estimate of drug-likeness (QED) is 0.707. The van der Waals surface area contributed by atoms with Crippen LogP contribution in [0.15, 0.2) is 24.3 Å². The molecule has 4 fully saturated rings. The average molecular weight is 386 g/mol. The number of nitrogens with one attached hydrogen (secondary N) is 2. The Morgan fingerprint density at radius 1 is 1.14 bits per heavy atom. The van der Waals surface area contributed by atoms with Crippen molar-refractivity contribution in [3.8, 4) is 11.5 Å². The summed E-state index contributed by atoms with van der Waals surface area (Å²) in [5, 5.41) is 6.31. The third-order valence-corrected chi connectivity index (χ3v) is 6.68. The van der Waals surface area contributed by atoms with Gasteiger partial charge in [-0.3, -0.25) is 9.59 Å². The molecule has 0 radical (unpaired) electrons. The summed E-state index contributed by atoms with van der Waals surface area (Å²) in [6.45, 7) is 2.47. The molecule has 152 valence electrons. The van der Waals surface area contributed by atoms with Gasteiger partial charge >= 0.3 is 0 Å². The first-order valence-electron chi connectivity index (χ1n) is 10.3. The van der Waals surface area contributed by atoms with Crippen molar-refractivity contribution in [3.63, 3.8) is 0 Å². The van der Waals surface area contributed by atoms with Gasteiger partial charge in [0.1, 0.15) is 18.1 Å². The number of benzene rings is 1. The molecule has 5 rings (SSSR count). The first-order valence-corrected chi connectivity index (χ1v) is 10.3. The van der Waals surface area contributed by atoms with Gasteiger partial charge in [0.15, 0.2) is 0 Å². The zero-order valence-corrected chi connectivity index (χ0v) is 16.8. The lowest BCUT2D eigenvalue weighted by Gasteiger charge is -2.61. The van der Waals surface area contributed by atoms with E-state index in [1.54, 1.807) is 14.0 Å². The summed E-state index contributed by atoms with van der Waals surface area (Å²) in [6, 6.07) is 7.45. The fourth-order valence-electron chi connectivity index (χ4n) is 6.26. The molecule has 4 aliphatic rings. The van der Waals surface area contributed by atoms with Crippen LogP contribution in [0.2, 0.25) is 0 Å². The standard InChI is InChI=1S/C22H30N2O4/c1-15(25)24-22-12-16-8-17(13-22)11-21(10-16,14-22)20(26)23-6-7-28-19-5-3-4-18(9-19)27-2/h3-5,9,16-17H,6-8,10-14H2,1-2H3,(H,23,26)(H,24,25). The highest BCUT2D eigenvalue weighted by Crippen LogP contribution is 2.61. The van der Waals surface area contributed by atoms with Crippen LogP contribution in [0.25, 0.3) is 0 Å². The largest absolute Gasteiger partial charge is 0.497 e. The Morgan fingerprint density at radius 3 is 2.54 bits per heavy atom. The van der Waals surface area contributed by atoms with Crippen LogP contribution in [0.1, 0.15) is 45.4 Å². The number of carbonyl (C=O) groups excluding carboxylic acids is 2. The Hall–Kier alpha value is -2.24. The second-order valence-electron chi connectivity index (χ2n) is 8.99. The van der Waals surface area contributed by atoms with Gasteiger partial charge in [0, 0.05) is 18.5 Å². The summed E-state index contributed by atoms with van der Waals surface area (Å²) in [6.07, 6.45) is 5.93. The first kappa shape index (κ1) is 19.1. The smallest absolute Gasteiger partial charge is 0.226 e. The maximum atomic E-state index is 13.1. The van der Waals surface area contributed by atoms with E-state index in [9.17, 15) is 9.59 Å². The minimum atomic E-state index is -0.331. The van der Waals surface area contributed by atoms with Crippen LogP contribution in [0.5, 0.6) is 11.5 Å². The summed E-state index contributed by atoms with van der Waals surface area (Å²) in [5.74, 6) is 2.72. The van der Waals surface area contributed by atoms with E-state index in [2.05, 4.69) is 10.6 Å². The summed E-state index contributed by atoms with van der Waals surface area (Å²) < 4.78 is 10.9. The number of methoxy groups -OCH3 is 1. The van der Waals surface area contributed by atoms with Crippen molar-refractivity contribution in [2.75, 3.05) is 20.3 Å². The Morgan fingerprint density at radius 2 is 1.86 bits per heavy atom. The molecule has 6 nitrogen and oxygen atoms in total. The Kier molecular flexibility index (Phi) is 4.98. The van der Waals surface area contributed by atoms with Crippen molar-refractivity contribution in [1.82, 2.24) is 10.6 Å². The van der Waals surface area contributed by atoms with Gasteiger partial charge < -0.3 is 20.1 Å². The molecule has 0 spiro atoms. The van der Waals surface area contributed by atoms with Crippen LogP contribution in [-0.4, -0.2) is 37.6 Å². The number of rotatable bonds is 7. The highest BCUT2D eigenvalue weighted by molar-refractivity contribution is 5.84. The highest BCUT2D eigenvalue weighted by Gasteiger charge is 2.60. The third-order valence-electron chi connectivity index (χ3n) is 6.68. The molecule has 0 aromatic heterocycles. The second kappa shape index (κ2) is 7.30. The normalized spacial score (nSPS) is 32.6. The summed E-state index contributed by atoms with van der Waals surface area (Å²) in [5.41, 5.74) is -0.507. The molecule has 0 saturated heterocycles. The molecule has 2 unspecified atom stereocenters. The molecule has 4 bridgehead atoms. The Bertz CT molecular complexity index is 749. The number of amides is 2. The maximum absolute atomic E-state index is 13.1. The average Bonchev–Trinajstić information content (AvgIpc) is 2.63. The fourth-order valence-corrected chi connectivity index (χ4v) is 6.26. The monoisotopic (exact) mass is 386 g/mol. The summed E-state index contributed by atoms with van der Waals surface area (Å²) in [4.78, 5) is 24.9. The van der Waals surface area contributed by atoms with Gasteiger partial charge in [0.2, 0.25) is 11.8 Å². The molecular formula is C22H30N2O4. The fraction of sp³-hybridized carbons (Fsp3) is 0.636. The Labute approximate surface area is 166 Å². The number of carbonyl (C=O) groups is 2. The zero-order valence-electron chi connectivity index (χ0n) is 16.8. The predicted octanol–water partition coefficient (Wildman–Crippen LogP) is 2.67. The van der Waals surface area contributed by atoms with Crippen LogP contribution < -0.4 is 20.1 Å². The number of hydrogen-bond donors (Lipinski definition) is 2. The first-order chi connectivity index (χ1) is 13.4. The molecule has 1 aromatic rings. The van der Waals surface area contributed by atoms with Gasteiger partial charge in [-0.1, -0.05) is 6.07 Å². The van der Waals surface area contributed by atoms with Crippen molar-refractivity contribution in [3.05, 3.63) is 24.3 Å². The molecule has 2 N–H and O–H groups in total. The minimum Gasteiger partial charge on any atom is -0.497 e. The maximum Gasteiger partial charge on any atom is 0.226 e. The van der Waals surface area contributed by atoms with Crippen molar-refractivity contribution in [2.45, 2.75) is 51.0 Å². The van der Waals surface area contributed by atoms with E-state index in [0.717, 1.165) is 43.6 Å². The van der Waals surface area contributed by atoms with E-state index in [0.29, 0.717) is 25.0 Å². The topological polar surface area (TPSA) is 76.7 Å². The lowest BCUT2D eigenvalue weighted by molar-refractivity contribution is -0.153. The van der Waals surface area contributed by atoms with Gasteiger partial charge in [0.25, 0.3) is 0 Å². The van der Waals surface area contributed by atoms with Crippen LogP contribution in [0.4, 0.5) is 0 Å². The molecular weight excluding hydrogens is 356 g/mol. The van der Waals surface area contributed by atoms with Gasteiger partial charge in [-0.05, 0) is 62.5 Å². The number of hydrogen-bond acceptors (Lipinski definition) is 4. The van der Waals surface area contributed by atoms with Gasteiger partial charge in [-0.25, -0.2) is 0 Å². The molecule has 2 amide bonds. The molecule has 28 heavy (non-hydrogen) atoms. The van der Waals surface area contributed by atoms with E-state index in [4.69, 9.17) is 9.47 Å². The second-order valence-corrected chi connectivity index (χ2v) is 8.99. The van der Waals surface area contributed by atoms with Crippen molar-refractivity contribution >= 4 is 11.8 Å². The molecule has 1 aromatic carbocycles. The summed E-state index contributed by atoms with van der Waals surface area (Å²) >= 11 is 0. The number of ether oxygens (including phenoxy) is 2. The van der Waals surface area contributed by atoms with Gasteiger partial charge in [0.05, 0.1) is 19.1 Å². The third kappa shape index (κ3) is 3.69. The van der Waals surface area contributed by atoms with Crippen molar-refractivity contribution in [2.24, 2.45) is 17.3 Å². The van der Waals surface area contributed by atoms with Crippen LogP contribution in [0.3, 0.4) is 0 Å². The molecule has 4 saturated carbocycles. The lowest BCUT2D eigenvalue weighted by Crippen LogP contribution is -2.65. The molecule has 2 atom stereocenters. The summed E-state index contributed by atoms with van der Waals surface area (Å²) in [7, 11) is 1.62. The molecule has 4 aliphatic carbocycles. The van der Waals surface area contributed by atoms with Crippen LogP contribution in [-0.2, 0) is 9.59 Å². The van der Waals surface area contributed by atoms with E-state index < -0.39 is 0 Å². The predicted molar refractivity (Wildman–Crippen MR) is 105 cm³/mol. The van der Waals surface area contributed by atoms with Gasteiger partial charge in [-0.15, -0.1) is 0 Å². The van der Waals surface area contributed by atoms with Crippen LogP contribution >= 0.6 is 0 Å². The molecule has 0 aliphatic heterocycles. The highest BCUT2D eigenvalue weighted by atomic mass is 16.5. The van der Waals surface area contributed by atoms with Crippen molar-refractivity contribution < 1.29 is 19.1 Å². The molecule has 6 heteroatoms. The van der Waals surface area contributed by atoms with Crippen molar-refractivity contribution in [1.29, 1.82) is 0 Å². The van der Waals surface area contributed by atoms with Gasteiger partial charge in [-0.2, -0.15) is 0 Å². The van der Waals surface area contributed by atoms with Crippen LogP contribution in [0, 0.1) is 17.3 Å². The Balaban J connectivity index is 1.34. The SMILES string of the molecule is COc1cccc(OCCNC(=O)C23CC4CC(CC(NC(C)=O)(C4)C2)C3)c1. The van der Waals surface area contributed by atoms with E-state index in [1.807, 2.05) is 24.3 Å². The lowest BCUT2D eigenvalue weighted by atomic mass is 9.46. The van der Waals surface area contributed by atoms with E-state index >= 15 is 0 Å². The zero-order chi connectivity index (χ0) is 19.8. The van der Waals surface area contributed by atoms with E-state index in [-0.39, 0.29) is 22.8 Å². The molecule has 0 heterocycles.